The number of carbonyl (C=O) groups is 9. The number of aliphatic imine (C=N–C) groups is 1. The lowest BCUT2D eigenvalue weighted by molar-refractivity contribution is -0.143. The summed E-state index contributed by atoms with van der Waals surface area (Å²) in [4.78, 5) is 127. The first-order chi connectivity index (χ1) is 35.8. The monoisotopic (exact) mass is 1090 g/mol. The minimum absolute atomic E-state index is 0.00550. The number of carboxylic acid groups (broad SMARTS) is 1. The van der Waals surface area contributed by atoms with Gasteiger partial charge in [-0.2, -0.15) is 11.8 Å². The average Bonchev–Trinajstić information content (AvgIpc) is 3.33. The molecule has 0 bridgehead atoms. The van der Waals surface area contributed by atoms with Gasteiger partial charge in [-0.1, -0.05) is 85.7 Å². The summed E-state index contributed by atoms with van der Waals surface area (Å²) in [5.41, 5.74) is 23.2. The van der Waals surface area contributed by atoms with Gasteiger partial charge in [0.15, 0.2) is 5.96 Å². The van der Waals surface area contributed by atoms with E-state index >= 15 is 0 Å². The van der Waals surface area contributed by atoms with Crippen LogP contribution < -0.4 is 65.5 Å². The van der Waals surface area contributed by atoms with Crippen molar-refractivity contribution in [1.29, 1.82) is 0 Å². The maximum absolute atomic E-state index is 14.4. The molecule has 24 heteroatoms. The van der Waals surface area contributed by atoms with Gasteiger partial charge >= 0.3 is 5.97 Å². The van der Waals surface area contributed by atoms with Gasteiger partial charge in [0.2, 0.25) is 47.3 Å². The van der Waals surface area contributed by atoms with Gasteiger partial charge < -0.3 is 70.6 Å². The largest absolute Gasteiger partial charge is 0.480 e. The predicted molar refractivity (Wildman–Crippen MR) is 296 cm³/mol. The highest BCUT2D eigenvalue weighted by Crippen LogP contribution is 2.14. The number of nitrogens with two attached hydrogens (primary N) is 4. The number of unbranched alkanes of at least 4 members (excludes halogenated alkanes) is 1. The van der Waals surface area contributed by atoms with Crippen molar-refractivity contribution in [2.24, 2.45) is 51.6 Å². The van der Waals surface area contributed by atoms with Crippen molar-refractivity contribution in [3.63, 3.8) is 0 Å². The number of thioether (sulfide) groups is 1. The third kappa shape index (κ3) is 28.2. The van der Waals surface area contributed by atoms with Gasteiger partial charge in [-0.25, -0.2) is 4.79 Å². The Balaban J connectivity index is 3.62. The molecule has 0 aliphatic rings. The molecular weight excluding hydrogens is 999 g/mol. The Bertz CT molecular complexity index is 2020. The first-order valence-corrected chi connectivity index (χ1v) is 27.8. The Morgan fingerprint density at radius 2 is 0.868 bits per heavy atom. The molecule has 0 unspecified atom stereocenters. The second kappa shape index (κ2) is 36.9. The molecule has 0 saturated heterocycles. The number of hydrogen-bond donors (Lipinski definition) is 13. The third-order valence-electron chi connectivity index (χ3n) is 11.9. The molecule has 0 aromatic heterocycles. The van der Waals surface area contributed by atoms with E-state index in [0.717, 1.165) is 0 Å². The van der Waals surface area contributed by atoms with E-state index in [0.29, 0.717) is 30.7 Å². The van der Waals surface area contributed by atoms with Crippen LogP contribution in [0.4, 0.5) is 0 Å². The van der Waals surface area contributed by atoms with E-state index in [1.54, 1.807) is 30.3 Å². The zero-order valence-electron chi connectivity index (χ0n) is 46.2. The van der Waals surface area contributed by atoms with Crippen LogP contribution in [-0.2, 0) is 49.6 Å². The molecule has 0 aliphatic heterocycles. The van der Waals surface area contributed by atoms with Crippen LogP contribution in [0.1, 0.15) is 125 Å². The minimum Gasteiger partial charge on any atom is -0.480 e. The highest BCUT2D eigenvalue weighted by Gasteiger charge is 2.35. The number of nitrogens with one attached hydrogen (secondary N) is 8. The fourth-order valence-electron chi connectivity index (χ4n) is 8.06. The molecule has 8 atom stereocenters. The zero-order chi connectivity index (χ0) is 57.5. The van der Waals surface area contributed by atoms with E-state index in [-0.39, 0.29) is 101 Å². The van der Waals surface area contributed by atoms with Gasteiger partial charge in [-0.15, -0.1) is 0 Å². The van der Waals surface area contributed by atoms with E-state index in [1.807, 2.05) is 61.6 Å². The van der Waals surface area contributed by atoms with E-state index in [2.05, 4.69) is 47.5 Å². The van der Waals surface area contributed by atoms with Crippen molar-refractivity contribution in [3.05, 3.63) is 35.9 Å². The summed E-state index contributed by atoms with van der Waals surface area (Å²) in [7, 11) is 0. The Morgan fingerprint density at radius 3 is 1.28 bits per heavy atom. The van der Waals surface area contributed by atoms with Gasteiger partial charge in [0.05, 0.1) is 6.54 Å². The minimum atomic E-state index is -1.30. The second-order valence-electron chi connectivity index (χ2n) is 20.8. The van der Waals surface area contributed by atoms with E-state index in [1.165, 1.54) is 11.8 Å². The number of aliphatic carboxylic acids is 1. The molecular formula is C52H91N13O10S. The Hall–Kier alpha value is -6.01. The maximum Gasteiger partial charge on any atom is 0.326 e. The summed E-state index contributed by atoms with van der Waals surface area (Å²) < 4.78 is 0. The van der Waals surface area contributed by atoms with Gasteiger partial charge in [0.25, 0.3) is 0 Å². The average molecular weight is 1090 g/mol. The maximum atomic E-state index is 14.4. The first kappa shape index (κ1) is 68.0. The van der Waals surface area contributed by atoms with Crippen LogP contribution in [0.3, 0.4) is 0 Å². The summed E-state index contributed by atoms with van der Waals surface area (Å²) in [6, 6.07) is -0.632. The fraction of sp³-hybridized carbons (Fsp3) is 0.692. The van der Waals surface area contributed by atoms with Crippen LogP contribution >= 0.6 is 11.8 Å². The lowest BCUT2D eigenvalue weighted by Crippen LogP contribution is -2.60. The second-order valence-corrected chi connectivity index (χ2v) is 21.8. The van der Waals surface area contributed by atoms with E-state index in [4.69, 9.17) is 22.9 Å². The molecule has 0 aliphatic carbocycles. The number of hydrogen-bond acceptors (Lipinski definition) is 13. The topological polar surface area (TPSA) is 387 Å². The van der Waals surface area contributed by atoms with Crippen LogP contribution in [0.5, 0.6) is 0 Å². The molecule has 0 fully saturated rings. The summed E-state index contributed by atoms with van der Waals surface area (Å²) in [5.74, 6) is -6.77. The number of nitrogens with zero attached hydrogens (tertiary/aromatic N) is 1. The van der Waals surface area contributed by atoms with Crippen molar-refractivity contribution in [3.8, 4) is 0 Å². The molecule has 0 spiro atoms. The SMILES string of the molecule is CSCC[C@H](NC(=O)[C@H](CCCN=C(N)N)NC(=O)[C@H](Cc1ccccc1)NC(=O)[C@H](CC(C)C)NC(=O)CN)C(=O)N[C@@H](CCCCN)C(=O)N[C@@H](CC(C)C)C(=O)N[C@@H](CC(C)C)C(=O)N[C@@H](CC(C)C)C(=O)O. The van der Waals surface area contributed by atoms with Gasteiger partial charge in [0, 0.05) is 13.0 Å². The number of guanidine groups is 1. The van der Waals surface area contributed by atoms with Crippen LogP contribution in [0.15, 0.2) is 35.3 Å². The van der Waals surface area contributed by atoms with Crippen molar-refractivity contribution in [2.45, 2.75) is 174 Å². The van der Waals surface area contributed by atoms with Crippen molar-refractivity contribution in [1.82, 2.24) is 42.5 Å². The highest BCUT2D eigenvalue weighted by atomic mass is 32.2. The smallest absolute Gasteiger partial charge is 0.326 e. The number of rotatable bonds is 38. The summed E-state index contributed by atoms with van der Waals surface area (Å²) in [6.45, 7) is 14.8. The quantitative estimate of drug-likeness (QED) is 0.0240. The normalized spacial score (nSPS) is 14.5. The lowest BCUT2D eigenvalue weighted by Gasteiger charge is -2.29. The van der Waals surface area contributed by atoms with Crippen molar-refractivity contribution < 1.29 is 48.3 Å². The van der Waals surface area contributed by atoms with E-state index in [9.17, 15) is 48.3 Å². The standard InChI is InChI=1S/C52H91N13O10S/c1-30(2)24-38(58-43(66)29-54)47(70)64-41(28-34-16-11-10-12-17-34)50(73)60-36(19-15-22-57-52(55)56)44(67)61-37(20-23-76-9)46(69)59-35(18-13-14-21-53)45(68)62-39(25-31(3)4)48(71)63-40(26-32(5)6)49(72)65-42(51(74)75)27-33(7)8/h10-12,16-17,30-33,35-42H,13-15,18-29,53-54H2,1-9H3,(H,58,66)(H,59,69)(H,60,73)(H,61,67)(H,62,68)(H,63,71)(H,64,70)(H,65,72)(H,74,75)(H4,55,56,57)/t35-,36-,37-,38-,39-,40-,41-,42-/m0/s1. The molecule has 0 heterocycles. The molecule has 76 heavy (non-hydrogen) atoms. The molecule has 0 radical (unpaired) electrons. The zero-order valence-corrected chi connectivity index (χ0v) is 47.0. The van der Waals surface area contributed by atoms with Gasteiger partial charge in [-0.3, -0.25) is 43.3 Å². The molecule has 1 aromatic carbocycles. The Morgan fingerprint density at radius 1 is 0.500 bits per heavy atom. The molecule has 17 N–H and O–H groups in total. The van der Waals surface area contributed by atoms with Gasteiger partial charge in [-0.05, 0) is 112 Å². The fourth-order valence-corrected chi connectivity index (χ4v) is 8.53. The van der Waals surface area contributed by atoms with E-state index < -0.39 is 102 Å². The van der Waals surface area contributed by atoms with Crippen LogP contribution in [0.25, 0.3) is 0 Å². The Kier molecular flexibility index (Phi) is 33.0. The van der Waals surface area contributed by atoms with Crippen LogP contribution in [0.2, 0.25) is 0 Å². The van der Waals surface area contributed by atoms with Crippen molar-refractivity contribution in [2.75, 3.05) is 31.6 Å². The number of carboxylic acids is 1. The Labute approximate surface area is 453 Å². The molecule has 8 amide bonds. The molecule has 0 saturated carbocycles. The first-order valence-electron chi connectivity index (χ1n) is 26.4. The molecule has 1 rings (SSSR count). The number of benzene rings is 1. The summed E-state index contributed by atoms with van der Waals surface area (Å²) in [6.07, 6.45) is 3.83. The highest BCUT2D eigenvalue weighted by molar-refractivity contribution is 7.98. The molecule has 1 aromatic rings. The van der Waals surface area contributed by atoms with Crippen LogP contribution in [-0.4, -0.2) is 144 Å². The third-order valence-corrected chi connectivity index (χ3v) is 12.5. The van der Waals surface area contributed by atoms with Crippen molar-refractivity contribution >= 4 is 70.9 Å². The predicted octanol–water partition coefficient (Wildman–Crippen LogP) is 0.271. The number of amides is 8. The summed E-state index contributed by atoms with van der Waals surface area (Å²) >= 11 is 1.40. The molecule has 430 valence electrons. The van der Waals surface area contributed by atoms with Gasteiger partial charge in [0.1, 0.15) is 48.3 Å². The summed E-state index contributed by atoms with van der Waals surface area (Å²) in [5, 5.41) is 31.6. The molecule has 23 nitrogen and oxygen atoms in total. The number of carbonyl (C=O) groups excluding carboxylic acids is 8. The van der Waals surface area contributed by atoms with Crippen LogP contribution in [0, 0.1) is 23.7 Å². The lowest BCUT2D eigenvalue weighted by atomic mass is 9.98.